The van der Waals surface area contributed by atoms with E-state index in [4.69, 9.17) is 24.4 Å². The Morgan fingerprint density at radius 2 is 1.75 bits per heavy atom. The molecule has 2 aromatic rings. The van der Waals surface area contributed by atoms with Crippen LogP contribution in [0.1, 0.15) is 81.2 Å². The number of amides is 2. The number of likely N-dealkylation sites (tertiary alicyclic amines) is 1. The number of nitrogens with one attached hydrogen (secondary N) is 1. The molecule has 2 heterocycles. The number of furan rings is 1. The Balaban J connectivity index is 1.24. The van der Waals surface area contributed by atoms with Gasteiger partial charge in [0.15, 0.2) is 0 Å². The fourth-order valence-electron chi connectivity index (χ4n) is 7.41. The van der Waals surface area contributed by atoms with Gasteiger partial charge in [0.1, 0.15) is 11.6 Å². The summed E-state index contributed by atoms with van der Waals surface area (Å²) in [5.41, 5.74) is 7.03. The topological polar surface area (TPSA) is 133 Å². The van der Waals surface area contributed by atoms with Gasteiger partial charge >= 0.3 is 5.97 Å². The van der Waals surface area contributed by atoms with Crippen molar-refractivity contribution in [3.63, 3.8) is 0 Å². The average molecular weight is 612 g/mol. The molecule has 5 rings (SSSR count). The van der Waals surface area contributed by atoms with Crippen LogP contribution in [0, 0.1) is 23.7 Å². The van der Waals surface area contributed by atoms with E-state index in [1.54, 1.807) is 25.3 Å². The Morgan fingerprint density at radius 1 is 0.955 bits per heavy atom. The van der Waals surface area contributed by atoms with Gasteiger partial charge in [-0.2, -0.15) is 0 Å². The number of methoxy groups -OCH3 is 1. The van der Waals surface area contributed by atoms with Crippen LogP contribution in [0.4, 0.5) is 5.69 Å². The van der Waals surface area contributed by atoms with Crippen LogP contribution in [-0.2, 0) is 23.8 Å². The third-order valence-corrected chi connectivity index (χ3v) is 9.86. The molecule has 3 N–H and O–H groups in total. The Labute approximate surface area is 260 Å². The Kier molecular flexibility index (Phi) is 11.7. The zero-order valence-electron chi connectivity index (χ0n) is 26.1. The number of rotatable bonds is 13. The summed E-state index contributed by atoms with van der Waals surface area (Å²) in [6.07, 6.45) is 11.0. The van der Waals surface area contributed by atoms with Crippen LogP contribution in [0.3, 0.4) is 0 Å². The maximum Gasteiger partial charge on any atom is 0.374 e. The summed E-state index contributed by atoms with van der Waals surface area (Å²) in [5, 5.41) is 3.81. The Hall–Kier alpha value is -2.95. The number of nitrogens with two attached hydrogens (primary N) is 1. The SMILES string of the molecule is COCCOCCCOC(=O)c1cc2cc(NC(=O)[C@@H]3[C@H](C4CCCCC4)CCN3C(=O)[C@H]3CC[C@H](CN)CC3)ccc2o1. The van der Waals surface area contributed by atoms with Crippen LogP contribution < -0.4 is 11.1 Å². The lowest BCUT2D eigenvalue weighted by atomic mass is 9.76. The zero-order chi connectivity index (χ0) is 30.9. The third kappa shape index (κ3) is 8.00. The zero-order valence-corrected chi connectivity index (χ0v) is 26.1. The minimum atomic E-state index is -0.542. The molecule has 1 saturated heterocycles. The predicted molar refractivity (Wildman–Crippen MR) is 167 cm³/mol. The molecule has 2 aliphatic carbocycles. The van der Waals surface area contributed by atoms with E-state index in [1.165, 1.54) is 19.3 Å². The number of hydrogen-bond donors (Lipinski definition) is 2. The minimum absolute atomic E-state index is 0.0261. The van der Waals surface area contributed by atoms with Crippen molar-refractivity contribution in [3.05, 3.63) is 30.0 Å². The highest BCUT2D eigenvalue weighted by Crippen LogP contribution is 2.41. The molecule has 1 aliphatic heterocycles. The molecule has 242 valence electrons. The highest BCUT2D eigenvalue weighted by molar-refractivity contribution is 6.00. The Morgan fingerprint density at radius 3 is 2.50 bits per heavy atom. The second kappa shape index (κ2) is 15.9. The number of carbonyl (C=O) groups is 3. The van der Waals surface area contributed by atoms with Crippen LogP contribution in [0.25, 0.3) is 11.0 Å². The van der Waals surface area contributed by atoms with Crippen molar-refractivity contribution in [1.82, 2.24) is 4.90 Å². The fraction of sp³-hybridized carbons (Fsp3) is 0.676. The molecular weight excluding hydrogens is 562 g/mol. The number of carbonyl (C=O) groups excluding carboxylic acids is 3. The summed E-state index contributed by atoms with van der Waals surface area (Å²) in [6, 6.07) is 6.50. The molecule has 3 fully saturated rings. The molecule has 2 atom stereocenters. The van der Waals surface area contributed by atoms with Crippen LogP contribution >= 0.6 is 0 Å². The number of ether oxygens (including phenoxy) is 3. The molecule has 0 radical (unpaired) electrons. The van der Waals surface area contributed by atoms with E-state index in [1.807, 2.05) is 11.0 Å². The summed E-state index contributed by atoms with van der Waals surface area (Å²) < 4.78 is 21.4. The van der Waals surface area contributed by atoms with E-state index in [9.17, 15) is 14.4 Å². The molecule has 0 spiro atoms. The second-order valence-corrected chi connectivity index (χ2v) is 12.7. The van der Waals surface area contributed by atoms with Crippen molar-refractivity contribution >= 4 is 34.4 Å². The third-order valence-electron chi connectivity index (χ3n) is 9.86. The van der Waals surface area contributed by atoms with E-state index in [0.29, 0.717) is 67.8 Å². The summed E-state index contributed by atoms with van der Waals surface area (Å²) in [6.45, 7) is 3.03. The molecule has 0 unspecified atom stereocenters. The smallest absolute Gasteiger partial charge is 0.374 e. The minimum Gasteiger partial charge on any atom is -0.460 e. The van der Waals surface area contributed by atoms with Gasteiger partial charge in [0.25, 0.3) is 0 Å². The van der Waals surface area contributed by atoms with Gasteiger partial charge in [0.2, 0.25) is 17.6 Å². The van der Waals surface area contributed by atoms with E-state index < -0.39 is 12.0 Å². The molecule has 0 bridgehead atoms. The number of fused-ring (bicyclic) bond motifs is 1. The summed E-state index contributed by atoms with van der Waals surface area (Å²) in [5.74, 6) is 0.680. The molecule has 10 nitrogen and oxygen atoms in total. The summed E-state index contributed by atoms with van der Waals surface area (Å²) in [7, 11) is 1.62. The molecule has 2 amide bonds. The first-order valence-electron chi connectivity index (χ1n) is 16.6. The standard InChI is InChI=1S/C34H49N3O7/c1-41-18-19-42-16-5-17-43-34(40)30-21-26-20-27(12-13-29(26)44-30)36-32(38)31-28(24-6-3-2-4-7-24)14-15-37(31)33(39)25-10-8-23(22-35)9-11-25/h12-13,20-21,23-25,28,31H,2-11,14-19,22,35H2,1H3,(H,36,38)/t23-,25-,28-,31-/m0/s1. The van der Waals surface area contributed by atoms with Crippen molar-refractivity contribution in [2.24, 2.45) is 29.4 Å². The maximum absolute atomic E-state index is 14.0. The second-order valence-electron chi connectivity index (χ2n) is 12.7. The van der Waals surface area contributed by atoms with Gasteiger partial charge in [0.05, 0.1) is 19.8 Å². The quantitative estimate of drug-likeness (QED) is 0.235. The van der Waals surface area contributed by atoms with Crippen molar-refractivity contribution in [2.75, 3.05) is 51.9 Å². The number of esters is 1. The molecule has 1 aromatic carbocycles. The van der Waals surface area contributed by atoms with E-state index in [-0.39, 0.29) is 36.0 Å². The van der Waals surface area contributed by atoms with Crippen LogP contribution in [0.15, 0.2) is 28.7 Å². The lowest BCUT2D eigenvalue weighted by Gasteiger charge is -2.36. The number of nitrogens with zero attached hydrogens (tertiary/aromatic N) is 1. The van der Waals surface area contributed by atoms with Crippen LogP contribution in [0.5, 0.6) is 0 Å². The first-order chi connectivity index (χ1) is 21.5. The van der Waals surface area contributed by atoms with Crippen LogP contribution in [-0.4, -0.2) is 75.4 Å². The highest BCUT2D eigenvalue weighted by atomic mass is 16.5. The fourth-order valence-corrected chi connectivity index (χ4v) is 7.41. The molecule has 1 aromatic heterocycles. The van der Waals surface area contributed by atoms with Crippen molar-refractivity contribution in [1.29, 1.82) is 0 Å². The lowest BCUT2D eigenvalue weighted by molar-refractivity contribution is -0.142. The van der Waals surface area contributed by atoms with Gasteiger partial charge in [-0.15, -0.1) is 0 Å². The van der Waals surface area contributed by atoms with E-state index in [0.717, 1.165) is 44.9 Å². The summed E-state index contributed by atoms with van der Waals surface area (Å²) >= 11 is 0. The lowest BCUT2D eigenvalue weighted by Crippen LogP contribution is -2.49. The predicted octanol–water partition coefficient (Wildman–Crippen LogP) is 5.14. The first-order valence-corrected chi connectivity index (χ1v) is 16.6. The average Bonchev–Trinajstić information content (AvgIpc) is 3.69. The normalized spacial score (nSPS) is 24.5. The van der Waals surface area contributed by atoms with Gasteiger partial charge < -0.3 is 34.6 Å². The van der Waals surface area contributed by atoms with Crippen molar-refractivity contribution in [2.45, 2.75) is 76.7 Å². The van der Waals surface area contributed by atoms with Crippen LogP contribution in [0.2, 0.25) is 0 Å². The largest absolute Gasteiger partial charge is 0.460 e. The van der Waals surface area contributed by atoms with Crippen molar-refractivity contribution < 1.29 is 33.0 Å². The van der Waals surface area contributed by atoms with Gasteiger partial charge in [0, 0.05) is 43.7 Å². The number of hydrogen-bond acceptors (Lipinski definition) is 8. The monoisotopic (exact) mass is 611 g/mol. The molecule has 2 saturated carbocycles. The van der Waals surface area contributed by atoms with E-state index in [2.05, 4.69) is 5.32 Å². The first kappa shape index (κ1) is 32.4. The Bertz CT molecular complexity index is 1250. The van der Waals surface area contributed by atoms with Crippen molar-refractivity contribution in [3.8, 4) is 0 Å². The van der Waals surface area contributed by atoms with E-state index >= 15 is 0 Å². The molecule has 10 heteroatoms. The van der Waals surface area contributed by atoms with Gasteiger partial charge in [-0.05, 0) is 80.7 Å². The molecular formula is C34H49N3O7. The number of benzene rings is 1. The van der Waals surface area contributed by atoms with Gasteiger partial charge in [-0.25, -0.2) is 4.79 Å². The highest BCUT2D eigenvalue weighted by Gasteiger charge is 2.46. The molecule has 44 heavy (non-hydrogen) atoms. The summed E-state index contributed by atoms with van der Waals surface area (Å²) in [4.78, 5) is 42.3. The van der Waals surface area contributed by atoms with Gasteiger partial charge in [-0.3, -0.25) is 9.59 Å². The number of anilines is 1. The van der Waals surface area contributed by atoms with Gasteiger partial charge in [-0.1, -0.05) is 32.1 Å². The maximum atomic E-state index is 14.0. The molecule has 3 aliphatic rings.